The summed E-state index contributed by atoms with van der Waals surface area (Å²) in [5, 5.41) is 2.50. The molecule has 1 atom stereocenters. The average Bonchev–Trinajstić information content (AvgIpc) is 2.51. The third-order valence-corrected chi connectivity index (χ3v) is 3.79. The van der Waals surface area contributed by atoms with Gasteiger partial charge in [0.15, 0.2) is 0 Å². The number of rotatable bonds is 7. The van der Waals surface area contributed by atoms with Gasteiger partial charge in [-0.3, -0.25) is 11.3 Å². The molecular weight excluding hydrogens is 248 g/mol. The minimum Gasteiger partial charge on any atom is -0.497 e. The Morgan fingerprint density at radius 1 is 1.25 bits per heavy atom. The maximum atomic E-state index is 5.69. The van der Waals surface area contributed by atoms with E-state index in [-0.39, 0.29) is 0 Å². The second kappa shape index (κ2) is 7.27. The standard InChI is InChI=1S/C17H24N2O/c1-3-4-8-15(19-18)11-14-7-5-6-13-9-10-16(20-2)12-17(13)14/h5-7,9-10,12,15,19H,3-4,8,11,18H2,1-2H3. The van der Waals surface area contributed by atoms with E-state index in [1.54, 1.807) is 7.11 Å². The minimum absolute atomic E-state index is 0.326. The van der Waals surface area contributed by atoms with E-state index in [2.05, 4.69) is 42.7 Å². The van der Waals surface area contributed by atoms with Gasteiger partial charge in [-0.25, -0.2) is 0 Å². The Kier molecular flexibility index (Phi) is 5.39. The topological polar surface area (TPSA) is 47.3 Å². The number of hydrogen-bond donors (Lipinski definition) is 2. The number of methoxy groups -OCH3 is 1. The maximum Gasteiger partial charge on any atom is 0.119 e. The molecule has 3 nitrogen and oxygen atoms in total. The van der Waals surface area contributed by atoms with E-state index >= 15 is 0 Å². The van der Waals surface area contributed by atoms with Crippen LogP contribution >= 0.6 is 0 Å². The zero-order chi connectivity index (χ0) is 14.4. The van der Waals surface area contributed by atoms with Gasteiger partial charge in [0, 0.05) is 6.04 Å². The van der Waals surface area contributed by atoms with Crippen LogP contribution in [0, 0.1) is 0 Å². The molecule has 2 aromatic carbocycles. The Hall–Kier alpha value is -1.58. The van der Waals surface area contributed by atoms with E-state index in [1.165, 1.54) is 29.2 Å². The van der Waals surface area contributed by atoms with Crippen LogP contribution in [0.2, 0.25) is 0 Å². The molecule has 2 aromatic rings. The molecule has 0 bridgehead atoms. The van der Waals surface area contributed by atoms with Crippen molar-refractivity contribution in [3.63, 3.8) is 0 Å². The summed E-state index contributed by atoms with van der Waals surface area (Å²) in [5.41, 5.74) is 4.27. The van der Waals surface area contributed by atoms with Crippen LogP contribution < -0.4 is 16.0 Å². The third kappa shape index (κ3) is 3.50. The largest absolute Gasteiger partial charge is 0.497 e. The van der Waals surface area contributed by atoms with Crippen molar-refractivity contribution >= 4 is 10.8 Å². The molecule has 20 heavy (non-hydrogen) atoms. The second-order valence-corrected chi connectivity index (χ2v) is 5.21. The molecule has 0 aliphatic carbocycles. The molecule has 0 saturated heterocycles. The molecule has 0 heterocycles. The summed E-state index contributed by atoms with van der Waals surface area (Å²) >= 11 is 0. The van der Waals surface area contributed by atoms with Crippen molar-refractivity contribution in [3.05, 3.63) is 42.0 Å². The number of nitrogens with two attached hydrogens (primary N) is 1. The molecule has 1 unspecified atom stereocenters. The van der Waals surface area contributed by atoms with E-state index < -0.39 is 0 Å². The highest BCUT2D eigenvalue weighted by Gasteiger charge is 2.10. The number of unbranched alkanes of at least 4 members (excludes halogenated alkanes) is 1. The fourth-order valence-corrected chi connectivity index (χ4v) is 2.58. The van der Waals surface area contributed by atoms with Crippen molar-refractivity contribution in [2.24, 2.45) is 5.84 Å². The molecule has 108 valence electrons. The van der Waals surface area contributed by atoms with Gasteiger partial charge in [0.25, 0.3) is 0 Å². The molecule has 0 fully saturated rings. The highest BCUT2D eigenvalue weighted by atomic mass is 16.5. The molecule has 0 aromatic heterocycles. The minimum atomic E-state index is 0.326. The van der Waals surface area contributed by atoms with Gasteiger partial charge in [-0.05, 0) is 41.3 Å². The van der Waals surface area contributed by atoms with Crippen molar-refractivity contribution in [2.45, 2.75) is 38.6 Å². The van der Waals surface area contributed by atoms with Crippen LogP contribution in [0.4, 0.5) is 0 Å². The number of ether oxygens (including phenoxy) is 1. The van der Waals surface area contributed by atoms with Gasteiger partial charge in [0.1, 0.15) is 5.75 Å². The lowest BCUT2D eigenvalue weighted by Crippen LogP contribution is -2.36. The smallest absolute Gasteiger partial charge is 0.119 e. The Morgan fingerprint density at radius 2 is 2.10 bits per heavy atom. The van der Waals surface area contributed by atoms with Crippen molar-refractivity contribution in [2.75, 3.05) is 7.11 Å². The van der Waals surface area contributed by atoms with Crippen molar-refractivity contribution in [1.82, 2.24) is 5.43 Å². The van der Waals surface area contributed by atoms with Gasteiger partial charge in [-0.2, -0.15) is 0 Å². The lowest BCUT2D eigenvalue weighted by molar-refractivity contribution is 0.415. The Morgan fingerprint density at radius 3 is 2.80 bits per heavy atom. The highest BCUT2D eigenvalue weighted by molar-refractivity contribution is 5.87. The van der Waals surface area contributed by atoms with Crippen molar-refractivity contribution in [1.29, 1.82) is 0 Å². The quantitative estimate of drug-likeness (QED) is 0.600. The molecule has 3 heteroatoms. The predicted molar refractivity (Wildman–Crippen MR) is 84.8 cm³/mol. The van der Waals surface area contributed by atoms with Crippen LogP contribution in [0.3, 0.4) is 0 Å². The Labute approximate surface area is 121 Å². The monoisotopic (exact) mass is 272 g/mol. The van der Waals surface area contributed by atoms with Crippen LogP contribution in [0.25, 0.3) is 10.8 Å². The van der Waals surface area contributed by atoms with Crippen LogP contribution in [-0.4, -0.2) is 13.2 Å². The summed E-state index contributed by atoms with van der Waals surface area (Å²) in [6, 6.07) is 13.0. The molecule has 0 spiro atoms. The molecule has 0 aliphatic rings. The van der Waals surface area contributed by atoms with Gasteiger partial charge >= 0.3 is 0 Å². The first-order chi connectivity index (χ1) is 9.78. The fourth-order valence-electron chi connectivity index (χ4n) is 2.58. The van der Waals surface area contributed by atoms with E-state index in [0.717, 1.165) is 18.6 Å². The Balaban J connectivity index is 2.28. The molecule has 0 amide bonds. The molecular formula is C17H24N2O. The molecule has 0 saturated carbocycles. The zero-order valence-corrected chi connectivity index (χ0v) is 12.4. The predicted octanol–water partition coefficient (Wildman–Crippen LogP) is 3.41. The van der Waals surface area contributed by atoms with E-state index in [4.69, 9.17) is 10.6 Å². The number of hydrogen-bond acceptors (Lipinski definition) is 3. The lowest BCUT2D eigenvalue weighted by Gasteiger charge is -2.17. The summed E-state index contributed by atoms with van der Waals surface area (Å²) in [6.45, 7) is 2.20. The first-order valence-corrected chi connectivity index (χ1v) is 7.30. The summed E-state index contributed by atoms with van der Waals surface area (Å²) in [4.78, 5) is 0. The summed E-state index contributed by atoms with van der Waals surface area (Å²) < 4.78 is 5.33. The van der Waals surface area contributed by atoms with Gasteiger partial charge in [0.2, 0.25) is 0 Å². The lowest BCUT2D eigenvalue weighted by atomic mass is 9.96. The van der Waals surface area contributed by atoms with Crippen LogP contribution in [0.1, 0.15) is 31.7 Å². The van der Waals surface area contributed by atoms with Crippen molar-refractivity contribution in [3.8, 4) is 5.75 Å². The SMILES string of the molecule is CCCCC(Cc1cccc2ccc(OC)cc12)NN. The zero-order valence-electron chi connectivity index (χ0n) is 12.4. The summed E-state index contributed by atoms with van der Waals surface area (Å²) in [6.07, 6.45) is 4.44. The van der Waals surface area contributed by atoms with Crippen molar-refractivity contribution < 1.29 is 4.74 Å². The maximum absolute atomic E-state index is 5.69. The summed E-state index contributed by atoms with van der Waals surface area (Å²) in [7, 11) is 1.70. The van der Waals surface area contributed by atoms with Crippen LogP contribution in [0.5, 0.6) is 5.75 Å². The summed E-state index contributed by atoms with van der Waals surface area (Å²) in [5.74, 6) is 6.59. The van der Waals surface area contributed by atoms with Gasteiger partial charge in [0.05, 0.1) is 7.11 Å². The van der Waals surface area contributed by atoms with Gasteiger partial charge in [-0.15, -0.1) is 0 Å². The molecule has 2 rings (SSSR count). The first-order valence-electron chi connectivity index (χ1n) is 7.30. The van der Waals surface area contributed by atoms with Gasteiger partial charge < -0.3 is 4.74 Å². The normalized spacial score (nSPS) is 12.6. The number of hydrazine groups is 1. The van der Waals surface area contributed by atoms with E-state index in [9.17, 15) is 0 Å². The molecule has 3 N–H and O–H groups in total. The van der Waals surface area contributed by atoms with Gasteiger partial charge in [-0.1, -0.05) is 44.0 Å². The average molecular weight is 272 g/mol. The third-order valence-electron chi connectivity index (χ3n) is 3.79. The number of nitrogens with one attached hydrogen (secondary N) is 1. The van der Waals surface area contributed by atoms with E-state index in [1.807, 2.05) is 6.07 Å². The number of benzene rings is 2. The number of fused-ring (bicyclic) bond motifs is 1. The molecule has 0 radical (unpaired) electrons. The van der Waals surface area contributed by atoms with Crippen LogP contribution in [-0.2, 0) is 6.42 Å². The first kappa shape index (κ1) is 14.8. The van der Waals surface area contributed by atoms with E-state index in [0.29, 0.717) is 6.04 Å². The molecule has 0 aliphatic heterocycles. The second-order valence-electron chi connectivity index (χ2n) is 5.21. The highest BCUT2D eigenvalue weighted by Crippen LogP contribution is 2.25. The Bertz CT molecular complexity index is 554. The van der Waals surface area contributed by atoms with Crippen LogP contribution in [0.15, 0.2) is 36.4 Å². The fraction of sp³-hybridized carbons (Fsp3) is 0.412.